The first kappa shape index (κ1) is 17.7. The van der Waals surface area contributed by atoms with Gasteiger partial charge in [0.1, 0.15) is 0 Å². The molecule has 0 saturated carbocycles. The fourth-order valence-corrected chi connectivity index (χ4v) is 3.70. The molecule has 2 amide bonds. The molecule has 1 saturated heterocycles. The number of anilines is 2. The third kappa shape index (κ3) is 4.11. The minimum Gasteiger partial charge on any atom is -0.359 e. The average molecular weight is 379 g/mol. The maximum Gasteiger partial charge on any atom is 0.284 e. The number of hydrogen-bond donors (Lipinski definition) is 2. The number of hydrogen-bond acceptors (Lipinski definition) is 5. The van der Waals surface area contributed by atoms with Gasteiger partial charge in [0.05, 0.1) is 22.9 Å². The summed E-state index contributed by atoms with van der Waals surface area (Å²) < 4.78 is 0. The predicted molar refractivity (Wildman–Crippen MR) is 101 cm³/mol. The molecule has 1 aromatic carbocycles. The molecule has 2 heterocycles. The van der Waals surface area contributed by atoms with Crippen LogP contribution in [0.4, 0.5) is 11.4 Å². The van der Waals surface area contributed by atoms with Crippen molar-refractivity contribution < 1.29 is 9.59 Å². The number of piperazine rings is 1. The summed E-state index contributed by atoms with van der Waals surface area (Å²) in [4.78, 5) is 30.1. The number of halogens is 1. The van der Waals surface area contributed by atoms with Crippen molar-refractivity contribution in [1.29, 1.82) is 0 Å². The first-order chi connectivity index (χ1) is 11.9. The maximum absolute atomic E-state index is 12.3. The second-order valence-electron chi connectivity index (χ2n) is 6.12. The predicted octanol–water partition coefficient (Wildman–Crippen LogP) is 3.11. The first-order valence-electron chi connectivity index (χ1n) is 8.02. The van der Waals surface area contributed by atoms with E-state index < -0.39 is 0 Å². The lowest BCUT2D eigenvalue weighted by Gasteiger charge is -2.29. The summed E-state index contributed by atoms with van der Waals surface area (Å²) in [5.41, 5.74) is 2.29. The van der Waals surface area contributed by atoms with Crippen molar-refractivity contribution in [3.8, 4) is 0 Å². The summed E-state index contributed by atoms with van der Waals surface area (Å²) >= 11 is 7.67. The molecule has 2 aromatic rings. The van der Waals surface area contributed by atoms with Gasteiger partial charge in [0.25, 0.3) is 5.91 Å². The van der Waals surface area contributed by atoms with E-state index in [2.05, 4.69) is 15.6 Å². The third-order valence-electron chi connectivity index (χ3n) is 3.89. The Morgan fingerprint density at radius 2 is 2.24 bits per heavy atom. The van der Waals surface area contributed by atoms with Crippen LogP contribution in [-0.4, -0.2) is 36.4 Å². The number of nitrogens with zero attached hydrogens (tertiary/aromatic N) is 2. The van der Waals surface area contributed by atoms with E-state index in [9.17, 15) is 9.59 Å². The van der Waals surface area contributed by atoms with Crippen LogP contribution in [0.15, 0.2) is 23.6 Å². The molecule has 6 nitrogen and oxygen atoms in total. The van der Waals surface area contributed by atoms with Gasteiger partial charge in [-0.2, -0.15) is 0 Å². The number of aromatic nitrogens is 1. The van der Waals surface area contributed by atoms with Gasteiger partial charge in [0.2, 0.25) is 5.91 Å². The Kier molecular flexibility index (Phi) is 5.24. The molecule has 132 valence electrons. The van der Waals surface area contributed by atoms with E-state index in [1.54, 1.807) is 12.1 Å². The van der Waals surface area contributed by atoms with Crippen molar-refractivity contribution in [2.45, 2.75) is 19.8 Å². The molecule has 1 aliphatic rings. The van der Waals surface area contributed by atoms with Gasteiger partial charge in [-0.1, -0.05) is 25.4 Å². The summed E-state index contributed by atoms with van der Waals surface area (Å²) in [6.45, 7) is 5.65. The molecular weight excluding hydrogens is 360 g/mol. The number of benzene rings is 1. The van der Waals surface area contributed by atoms with Crippen LogP contribution in [0.1, 0.15) is 35.3 Å². The number of rotatable bonds is 4. The minimum absolute atomic E-state index is 0.0237. The molecule has 0 bridgehead atoms. The van der Waals surface area contributed by atoms with E-state index >= 15 is 0 Å². The molecule has 2 N–H and O–H groups in total. The molecule has 3 rings (SSSR count). The number of amides is 2. The molecule has 0 radical (unpaired) electrons. The van der Waals surface area contributed by atoms with Crippen LogP contribution in [0, 0.1) is 0 Å². The Balaban J connectivity index is 1.71. The van der Waals surface area contributed by atoms with Gasteiger partial charge in [-0.15, -0.1) is 11.3 Å². The molecule has 1 fully saturated rings. The van der Waals surface area contributed by atoms with E-state index in [-0.39, 0.29) is 24.3 Å². The highest BCUT2D eigenvalue weighted by atomic mass is 35.5. The van der Waals surface area contributed by atoms with Crippen molar-refractivity contribution >= 4 is 46.1 Å². The van der Waals surface area contributed by atoms with Gasteiger partial charge >= 0.3 is 0 Å². The second-order valence-corrected chi connectivity index (χ2v) is 7.39. The topological polar surface area (TPSA) is 74.3 Å². The average Bonchev–Trinajstić information content (AvgIpc) is 3.05. The Morgan fingerprint density at radius 3 is 2.88 bits per heavy atom. The molecule has 0 unspecified atom stereocenters. The molecule has 1 aliphatic heterocycles. The molecule has 0 spiro atoms. The van der Waals surface area contributed by atoms with Gasteiger partial charge in [-0.25, -0.2) is 4.98 Å². The van der Waals surface area contributed by atoms with E-state index in [1.807, 2.05) is 30.2 Å². The van der Waals surface area contributed by atoms with Gasteiger partial charge in [-0.3, -0.25) is 9.59 Å². The largest absolute Gasteiger partial charge is 0.359 e. The zero-order valence-corrected chi connectivity index (χ0v) is 15.6. The second kappa shape index (κ2) is 7.41. The highest BCUT2D eigenvalue weighted by Gasteiger charge is 2.19. The van der Waals surface area contributed by atoms with Gasteiger partial charge in [0.15, 0.2) is 5.01 Å². The SMILES string of the molecule is CC(C)c1csc(C(=O)Nc2ccc(N3CCNC(=O)C3)c(Cl)c2)n1. The number of thiazole rings is 1. The number of nitrogens with one attached hydrogen (secondary N) is 2. The lowest BCUT2D eigenvalue weighted by molar-refractivity contribution is -0.120. The lowest BCUT2D eigenvalue weighted by atomic mass is 10.2. The Hall–Kier alpha value is -2.12. The summed E-state index contributed by atoms with van der Waals surface area (Å²) in [5.74, 6) is 0.00996. The van der Waals surface area contributed by atoms with Gasteiger partial charge in [-0.05, 0) is 24.1 Å². The van der Waals surface area contributed by atoms with E-state index in [4.69, 9.17) is 11.6 Å². The van der Waals surface area contributed by atoms with Crippen LogP contribution < -0.4 is 15.5 Å². The Bertz CT molecular complexity index is 806. The van der Waals surface area contributed by atoms with Crippen molar-refractivity contribution in [1.82, 2.24) is 10.3 Å². The Labute approximate surface area is 155 Å². The van der Waals surface area contributed by atoms with Crippen LogP contribution in [0.5, 0.6) is 0 Å². The fraction of sp³-hybridized carbons (Fsp3) is 0.353. The molecule has 0 aliphatic carbocycles. The number of carbonyl (C=O) groups is 2. The first-order valence-corrected chi connectivity index (χ1v) is 9.28. The van der Waals surface area contributed by atoms with Crippen LogP contribution in [-0.2, 0) is 4.79 Å². The van der Waals surface area contributed by atoms with Crippen LogP contribution in [0.3, 0.4) is 0 Å². The lowest BCUT2D eigenvalue weighted by Crippen LogP contribution is -2.47. The molecule has 25 heavy (non-hydrogen) atoms. The molecule has 8 heteroatoms. The monoisotopic (exact) mass is 378 g/mol. The molecule has 0 atom stereocenters. The van der Waals surface area contributed by atoms with Crippen LogP contribution >= 0.6 is 22.9 Å². The standard InChI is InChI=1S/C17H19ClN4O2S/c1-10(2)13-9-25-17(21-13)16(24)20-11-3-4-14(12(18)7-11)22-6-5-19-15(23)8-22/h3-4,7,9-10H,5-6,8H2,1-2H3,(H,19,23)(H,20,24). The molecular formula is C17H19ClN4O2S. The van der Waals surface area contributed by atoms with Crippen molar-refractivity contribution in [2.75, 3.05) is 29.9 Å². The van der Waals surface area contributed by atoms with Gasteiger partial charge < -0.3 is 15.5 Å². The van der Waals surface area contributed by atoms with E-state index in [0.717, 1.165) is 11.4 Å². The number of carbonyl (C=O) groups excluding carboxylic acids is 2. The van der Waals surface area contributed by atoms with Crippen LogP contribution in [0.25, 0.3) is 0 Å². The van der Waals surface area contributed by atoms with Crippen LogP contribution in [0.2, 0.25) is 5.02 Å². The van der Waals surface area contributed by atoms with Crippen molar-refractivity contribution in [2.24, 2.45) is 0 Å². The van der Waals surface area contributed by atoms with E-state index in [1.165, 1.54) is 11.3 Å². The van der Waals surface area contributed by atoms with Crippen molar-refractivity contribution in [3.63, 3.8) is 0 Å². The summed E-state index contributed by atoms with van der Waals surface area (Å²) in [5, 5.41) is 8.42. The Morgan fingerprint density at radius 1 is 1.44 bits per heavy atom. The highest BCUT2D eigenvalue weighted by Crippen LogP contribution is 2.29. The normalized spacial score (nSPS) is 14.6. The summed E-state index contributed by atoms with van der Waals surface area (Å²) in [6.07, 6.45) is 0. The zero-order valence-electron chi connectivity index (χ0n) is 14.0. The van der Waals surface area contributed by atoms with E-state index in [0.29, 0.717) is 28.8 Å². The summed E-state index contributed by atoms with van der Waals surface area (Å²) in [6, 6.07) is 5.29. The summed E-state index contributed by atoms with van der Waals surface area (Å²) in [7, 11) is 0. The third-order valence-corrected chi connectivity index (χ3v) is 5.05. The minimum atomic E-state index is -0.252. The quantitative estimate of drug-likeness (QED) is 0.857. The maximum atomic E-state index is 12.3. The van der Waals surface area contributed by atoms with Crippen molar-refractivity contribution in [3.05, 3.63) is 39.3 Å². The smallest absolute Gasteiger partial charge is 0.284 e. The fourth-order valence-electron chi connectivity index (χ4n) is 2.53. The van der Waals surface area contributed by atoms with Gasteiger partial charge in [0, 0.05) is 24.2 Å². The molecule has 1 aromatic heterocycles. The highest BCUT2D eigenvalue weighted by molar-refractivity contribution is 7.11. The zero-order chi connectivity index (χ0) is 18.0.